The van der Waals surface area contributed by atoms with Gasteiger partial charge >= 0.3 is 0 Å². The van der Waals surface area contributed by atoms with Crippen LogP contribution in [0, 0.1) is 0 Å². The van der Waals surface area contributed by atoms with Gasteiger partial charge in [0.05, 0.1) is 4.90 Å². The number of halogens is 1. The van der Waals surface area contributed by atoms with Crippen LogP contribution in [0.2, 0.25) is 0 Å². The average molecular weight is 409 g/mol. The molecule has 24 heavy (non-hydrogen) atoms. The number of fused-ring (bicyclic) bond motifs is 1. The van der Waals surface area contributed by atoms with E-state index < -0.39 is 10.0 Å². The van der Waals surface area contributed by atoms with E-state index in [0.29, 0.717) is 11.0 Å². The molecule has 0 fully saturated rings. The summed E-state index contributed by atoms with van der Waals surface area (Å²) >= 11 is 3.25. The van der Waals surface area contributed by atoms with E-state index in [1.54, 1.807) is 17.0 Å². The molecule has 0 saturated carbocycles. The normalized spacial score (nSPS) is 13.8. The molecule has 0 bridgehead atoms. The van der Waals surface area contributed by atoms with Gasteiger partial charge in [-0.1, -0.05) is 40.2 Å². The lowest BCUT2D eigenvalue weighted by atomic mass is 10.2. The van der Waals surface area contributed by atoms with Gasteiger partial charge in [0, 0.05) is 29.7 Å². The number of para-hydroxylation sites is 1. The summed E-state index contributed by atoms with van der Waals surface area (Å²) in [6, 6.07) is 14.3. The van der Waals surface area contributed by atoms with Crippen molar-refractivity contribution in [1.82, 2.24) is 4.72 Å². The molecule has 2 aromatic carbocycles. The zero-order chi connectivity index (χ0) is 17.2. The van der Waals surface area contributed by atoms with Crippen LogP contribution in [0.1, 0.15) is 12.0 Å². The van der Waals surface area contributed by atoms with Gasteiger partial charge in [-0.2, -0.15) is 0 Å². The van der Waals surface area contributed by atoms with E-state index in [9.17, 15) is 13.2 Å². The van der Waals surface area contributed by atoms with Crippen LogP contribution in [0.4, 0.5) is 5.69 Å². The van der Waals surface area contributed by atoms with Crippen molar-refractivity contribution < 1.29 is 13.2 Å². The molecule has 2 aromatic rings. The Morgan fingerprint density at radius 1 is 1.17 bits per heavy atom. The summed E-state index contributed by atoms with van der Waals surface area (Å²) in [5, 5.41) is 0. The van der Waals surface area contributed by atoms with Crippen LogP contribution in [-0.2, 0) is 21.2 Å². The smallest absolute Gasteiger partial charge is 0.240 e. The third-order valence-electron chi connectivity index (χ3n) is 3.93. The van der Waals surface area contributed by atoms with E-state index in [2.05, 4.69) is 20.7 Å². The van der Waals surface area contributed by atoms with Crippen LogP contribution in [-0.4, -0.2) is 27.4 Å². The van der Waals surface area contributed by atoms with E-state index in [1.165, 1.54) is 12.1 Å². The molecule has 1 aliphatic rings. The largest absolute Gasteiger partial charge is 0.312 e. The third-order valence-corrected chi connectivity index (χ3v) is 5.88. The molecule has 126 valence electrons. The van der Waals surface area contributed by atoms with Gasteiger partial charge in [-0.25, -0.2) is 13.1 Å². The van der Waals surface area contributed by atoms with Gasteiger partial charge in [-0.3, -0.25) is 4.79 Å². The number of carbonyl (C=O) groups excluding carboxylic acids is 1. The van der Waals surface area contributed by atoms with Crippen LogP contribution in [0.5, 0.6) is 0 Å². The number of hydrogen-bond acceptors (Lipinski definition) is 3. The van der Waals surface area contributed by atoms with Crippen LogP contribution in [0.3, 0.4) is 0 Å². The molecule has 0 spiro atoms. The minimum absolute atomic E-state index is 0.0723. The fraction of sp³-hybridized carbons (Fsp3) is 0.235. The predicted octanol–water partition coefficient (Wildman–Crippen LogP) is 2.71. The van der Waals surface area contributed by atoms with Crippen molar-refractivity contribution in [2.75, 3.05) is 18.0 Å². The SMILES string of the molecule is O=C(CCNS(=O)(=O)c1cccc(Br)c1)N1CCc2ccccc21. The Balaban J connectivity index is 1.60. The summed E-state index contributed by atoms with van der Waals surface area (Å²) in [5.74, 6) is -0.0723. The van der Waals surface area contributed by atoms with Gasteiger partial charge in [0.1, 0.15) is 0 Å². The quantitative estimate of drug-likeness (QED) is 0.826. The lowest BCUT2D eigenvalue weighted by molar-refractivity contribution is -0.118. The Morgan fingerprint density at radius 3 is 2.75 bits per heavy atom. The summed E-state index contributed by atoms with van der Waals surface area (Å²) in [5.41, 5.74) is 2.08. The molecule has 0 aromatic heterocycles. The molecule has 7 heteroatoms. The number of anilines is 1. The first kappa shape index (κ1) is 17.1. The van der Waals surface area contributed by atoms with E-state index in [4.69, 9.17) is 0 Å². The minimum atomic E-state index is -3.61. The molecule has 1 heterocycles. The Hall–Kier alpha value is -1.70. The van der Waals surface area contributed by atoms with Gasteiger partial charge in [-0.15, -0.1) is 0 Å². The zero-order valence-corrected chi connectivity index (χ0v) is 15.3. The highest BCUT2D eigenvalue weighted by atomic mass is 79.9. The lowest BCUT2D eigenvalue weighted by Gasteiger charge is -2.17. The highest BCUT2D eigenvalue weighted by Gasteiger charge is 2.24. The Morgan fingerprint density at radius 2 is 1.96 bits per heavy atom. The Bertz CT molecular complexity index is 868. The highest BCUT2D eigenvalue weighted by Crippen LogP contribution is 2.27. The molecule has 1 N–H and O–H groups in total. The molecule has 0 unspecified atom stereocenters. The molecule has 5 nitrogen and oxygen atoms in total. The number of amides is 1. The van der Waals surface area contributed by atoms with Crippen molar-refractivity contribution in [3.05, 3.63) is 58.6 Å². The molecule has 0 aliphatic carbocycles. The van der Waals surface area contributed by atoms with Crippen molar-refractivity contribution in [3.8, 4) is 0 Å². The maximum Gasteiger partial charge on any atom is 0.240 e. The van der Waals surface area contributed by atoms with Crippen LogP contribution >= 0.6 is 15.9 Å². The molecular weight excluding hydrogens is 392 g/mol. The van der Waals surface area contributed by atoms with Crippen LogP contribution in [0.25, 0.3) is 0 Å². The summed E-state index contributed by atoms with van der Waals surface area (Å²) in [4.78, 5) is 14.3. The van der Waals surface area contributed by atoms with Crippen molar-refractivity contribution in [2.45, 2.75) is 17.7 Å². The summed E-state index contributed by atoms with van der Waals surface area (Å²) < 4.78 is 27.6. The fourth-order valence-electron chi connectivity index (χ4n) is 2.74. The number of nitrogens with zero attached hydrogens (tertiary/aromatic N) is 1. The number of rotatable bonds is 5. The number of nitrogens with one attached hydrogen (secondary N) is 1. The van der Waals surface area contributed by atoms with Gasteiger partial charge in [0.25, 0.3) is 0 Å². The number of sulfonamides is 1. The molecule has 1 aliphatic heterocycles. The van der Waals surface area contributed by atoms with Crippen LogP contribution < -0.4 is 9.62 Å². The second kappa shape index (κ2) is 7.04. The van der Waals surface area contributed by atoms with Crippen molar-refractivity contribution in [2.24, 2.45) is 0 Å². The third kappa shape index (κ3) is 3.68. The zero-order valence-electron chi connectivity index (χ0n) is 12.9. The second-order valence-corrected chi connectivity index (χ2v) is 8.21. The summed E-state index contributed by atoms with van der Waals surface area (Å²) in [7, 11) is -3.61. The van der Waals surface area contributed by atoms with E-state index >= 15 is 0 Å². The molecule has 3 rings (SSSR count). The molecular formula is C17H17BrN2O3S. The van der Waals surface area contributed by atoms with Gasteiger partial charge in [-0.05, 0) is 36.2 Å². The highest BCUT2D eigenvalue weighted by molar-refractivity contribution is 9.10. The second-order valence-electron chi connectivity index (χ2n) is 5.53. The topological polar surface area (TPSA) is 66.5 Å². The minimum Gasteiger partial charge on any atom is -0.312 e. The monoisotopic (exact) mass is 408 g/mol. The predicted molar refractivity (Wildman–Crippen MR) is 96.4 cm³/mol. The number of carbonyl (C=O) groups is 1. The van der Waals surface area contributed by atoms with Gasteiger partial charge < -0.3 is 4.90 Å². The first-order valence-electron chi connectivity index (χ1n) is 7.61. The maximum atomic E-state index is 12.4. The summed E-state index contributed by atoms with van der Waals surface area (Å²) in [6.45, 7) is 0.725. The molecule has 0 saturated heterocycles. The Labute approximate surface area is 149 Å². The van der Waals surface area contributed by atoms with Crippen molar-refractivity contribution in [1.29, 1.82) is 0 Å². The van der Waals surface area contributed by atoms with Gasteiger partial charge in [0.2, 0.25) is 15.9 Å². The van der Waals surface area contributed by atoms with E-state index in [0.717, 1.165) is 17.7 Å². The molecule has 1 amide bonds. The maximum absolute atomic E-state index is 12.4. The number of benzene rings is 2. The number of hydrogen-bond donors (Lipinski definition) is 1. The van der Waals surface area contributed by atoms with Crippen LogP contribution in [0.15, 0.2) is 57.9 Å². The van der Waals surface area contributed by atoms with Gasteiger partial charge in [0.15, 0.2) is 0 Å². The van der Waals surface area contributed by atoms with Crippen molar-refractivity contribution >= 4 is 37.5 Å². The lowest BCUT2D eigenvalue weighted by Crippen LogP contribution is -2.33. The summed E-state index contributed by atoms with van der Waals surface area (Å²) in [6.07, 6.45) is 0.966. The molecule has 0 radical (unpaired) electrons. The first-order chi connectivity index (χ1) is 11.5. The van der Waals surface area contributed by atoms with Crippen molar-refractivity contribution in [3.63, 3.8) is 0 Å². The first-order valence-corrected chi connectivity index (χ1v) is 9.88. The average Bonchev–Trinajstić information content (AvgIpc) is 2.99. The van der Waals surface area contributed by atoms with E-state index in [1.807, 2.05) is 24.3 Å². The standard InChI is InChI=1S/C17H17BrN2O3S/c18-14-5-3-6-15(12-14)24(22,23)19-10-8-17(21)20-11-9-13-4-1-2-7-16(13)20/h1-7,12,19H,8-11H2. The molecule has 0 atom stereocenters. The Kier molecular flexibility index (Phi) is 5.03. The van der Waals surface area contributed by atoms with E-state index in [-0.39, 0.29) is 23.8 Å². The fourth-order valence-corrected chi connectivity index (χ4v) is 4.37.